The van der Waals surface area contributed by atoms with Crippen LogP contribution in [0.2, 0.25) is 0 Å². The van der Waals surface area contributed by atoms with E-state index >= 15 is 0 Å². The van der Waals surface area contributed by atoms with Crippen molar-refractivity contribution >= 4 is 21.7 Å². The summed E-state index contributed by atoms with van der Waals surface area (Å²) in [4.78, 5) is 22.6. The molecular formula is C13H25NO5S. The summed E-state index contributed by atoms with van der Waals surface area (Å²) in [6.45, 7) is 5.08. The van der Waals surface area contributed by atoms with Crippen LogP contribution in [-0.4, -0.2) is 44.4 Å². The van der Waals surface area contributed by atoms with E-state index in [2.05, 4.69) is 10.1 Å². The van der Waals surface area contributed by atoms with Gasteiger partial charge in [0.05, 0.1) is 18.1 Å². The van der Waals surface area contributed by atoms with Gasteiger partial charge in [-0.1, -0.05) is 26.7 Å². The summed E-state index contributed by atoms with van der Waals surface area (Å²) >= 11 is 0. The number of carbonyl (C=O) groups excluding carboxylic acids is 2. The van der Waals surface area contributed by atoms with E-state index in [-0.39, 0.29) is 0 Å². The van der Waals surface area contributed by atoms with Gasteiger partial charge in [-0.05, 0) is 12.8 Å². The highest BCUT2D eigenvalue weighted by Crippen LogP contribution is 2.17. The number of nitrogens with one attached hydrogen (secondary N) is 1. The second kappa shape index (κ2) is 8.94. The molecule has 0 radical (unpaired) electrons. The van der Waals surface area contributed by atoms with Crippen LogP contribution in [0.4, 0.5) is 0 Å². The van der Waals surface area contributed by atoms with E-state index in [9.17, 15) is 18.0 Å². The minimum absolute atomic E-state index is 0.413. The highest BCUT2D eigenvalue weighted by atomic mass is 32.2. The van der Waals surface area contributed by atoms with Gasteiger partial charge in [-0.2, -0.15) is 0 Å². The summed E-state index contributed by atoms with van der Waals surface area (Å²) in [5.74, 6) is -1.61. The minimum Gasteiger partial charge on any atom is -0.467 e. The SMILES string of the molecule is CCCC(CCC)S(=O)(=O)CC(NC(C)=O)C(=O)OC. The summed E-state index contributed by atoms with van der Waals surface area (Å²) in [5, 5.41) is 1.86. The van der Waals surface area contributed by atoms with Crippen LogP contribution in [-0.2, 0) is 24.2 Å². The molecule has 0 aromatic carbocycles. The average molecular weight is 307 g/mol. The largest absolute Gasteiger partial charge is 0.467 e. The van der Waals surface area contributed by atoms with Gasteiger partial charge in [0, 0.05) is 6.92 Å². The summed E-state index contributed by atoms with van der Waals surface area (Å²) in [7, 11) is -2.30. The lowest BCUT2D eigenvalue weighted by atomic mass is 10.2. The van der Waals surface area contributed by atoms with Gasteiger partial charge in [0.25, 0.3) is 0 Å². The molecule has 0 aliphatic carbocycles. The Bertz CT molecular complexity index is 412. The first-order valence-electron chi connectivity index (χ1n) is 6.84. The van der Waals surface area contributed by atoms with Crippen LogP contribution < -0.4 is 5.32 Å². The van der Waals surface area contributed by atoms with Gasteiger partial charge >= 0.3 is 5.97 Å². The maximum atomic E-state index is 12.4. The third-order valence-corrected chi connectivity index (χ3v) is 5.28. The van der Waals surface area contributed by atoms with Gasteiger partial charge in [0.2, 0.25) is 5.91 Å². The Morgan fingerprint density at radius 3 is 2.00 bits per heavy atom. The summed E-state index contributed by atoms with van der Waals surface area (Å²) in [5.41, 5.74) is 0. The molecule has 0 bridgehead atoms. The number of sulfone groups is 1. The first kappa shape index (κ1) is 18.9. The zero-order chi connectivity index (χ0) is 15.8. The van der Waals surface area contributed by atoms with E-state index in [1.165, 1.54) is 14.0 Å². The van der Waals surface area contributed by atoms with Crippen LogP contribution in [0.5, 0.6) is 0 Å². The molecule has 118 valence electrons. The normalized spacial score (nSPS) is 13.1. The summed E-state index contributed by atoms with van der Waals surface area (Å²) < 4.78 is 29.3. The average Bonchev–Trinajstić information content (AvgIpc) is 2.36. The Labute approximate surface area is 121 Å². The van der Waals surface area contributed by atoms with Crippen molar-refractivity contribution < 1.29 is 22.7 Å². The van der Waals surface area contributed by atoms with Gasteiger partial charge in [-0.3, -0.25) is 4.79 Å². The fourth-order valence-corrected chi connectivity index (χ4v) is 4.22. The van der Waals surface area contributed by atoms with Crippen molar-refractivity contribution in [2.24, 2.45) is 0 Å². The van der Waals surface area contributed by atoms with Crippen LogP contribution in [0.25, 0.3) is 0 Å². The van der Waals surface area contributed by atoms with Crippen LogP contribution >= 0.6 is 0 Å². The highest BCUT2D eigenvalue weighted by Gasteiger charge is 2.32. The van der Waals surface area contributed by atoms with Gasteiger partial charge in [-0.25, -0.2) is 13.2 Å². The third kappa shape index (κ3) is 6.36. The number of carbonyl (C=O) groups is 2. The van der Waals surface area contributed by atoms with E-state index in [0.29, 0.717) is 12.8 Å². The van der Waals surface area contributed by atoms with Crippen LogP contribution in [0, 0.1) is 0 Å². The topological polar surface area (TPSA) is 89.5 Å². The molecule has 0 aromatic rings. The maximum absolute atomic E-state index is 12.4. The summed E-state index contributed by atoms with van der Waals surface area (Å²) in [6, 6.07) is -1.14. The number of hydrogen-bond donors (Lipinski definition) is 1. The molecule has 7 heteroatoms. The second-order valence-electron chi connectivity index (χ2n) is 4.81. The van der Waals surface area contributed by atoms with Crippen molar-refractivity contribution in [2.45, 2.75) is 57.7 Å². The van der Waals surface area contributed by atoms with E-state index in [1.807, 2.05) is 13.8 Å². The van der Waals surface area contributed by atoms with Crippen molar-refractivity contribution in [2.75, 3.05) is 12.9 Å². The lowest BCUT2D eigenvalue weighted by molar-refractivity contribution is -0.144. The van der Waals surface area contributed by atoms with Crippen molar-refractivity contribution in [3.8, 4) is 0 Å². The number of rotatable bonds is 9. The van der Waals surface area contributed by atoms with Gasteiger partial charge in [0.15, 0.2) is 9.84 Å². The Balaban J connectivity index is 5.05. The maximum Gasteiger partial charge on any atom is 0.329 e. The van der Waals surface area contributed by atoms with Crippen molar-refractivity contribution in [3.63, 3.8) is 0 Å². The number of amides is 1. The first-order valence-corrected chi connectivity index (χ1v) is 8.56. The fraction of sp³-hybridized carbons (Fsp3) is 0.846. The zero-order valence-electron chi connectivity index (χ0n) is 12.6. The zero-order valence-corrected chi connectivity index (χ0v) is 13.5. The van der Waals surface area contributed by atoms with Crippen LogP contribution in [0.3, 0.4) is 0 Å². The molecule has 0 rings (SSSR count). The van der Waals surface area contributed by atoms with Crippen LogP contribution in [0.15, 0.2) is 0 Å². The van der Waals surface area contributed by atoms with Gasteiger partial charge < -0.3 is 10.1 Å². The monoisotopic (exact) mass is 307 g/mol. The highest BCUT2D eigenvalue weighted by molar-refractivity contribution is 7.92. The fourth-order valence-electron chi connectivity index (χ4n) is 2.07. The Morgan fingerprint density at radius 1 is 1.15 bits per heavy atom. The van der Waals surface area contributed by atoms with E-state index in [0.717, 1.165) is 12.8 Å². The number of esters is 1. The van der Waals surface area contributed by atoms with Crippen molar-refractivity contribution in [3.05, 3.63) is 0 Å². The van der Waals surface area contributed by atoms with E-state index in [4.69, 9.17) is 0 Å². The number of methoxy groups -OCH3 is 1. The van der Waals surface area contributed by atoms with E-state index < -0.39 is 38.8 Å². The standard InChI is InChI=1S/C13H25NO5S/c1-5-7-11(8-6-2)20(17,18)9-12(13(16)19-4)14-10(3)15/h11-12H,5-9H2,1-4H3,(H,14,15). The molecule has 6 nitrogen and oxygen atoms in total. The molecule has 0 fully saturated rings. The van der Waals surface area contributed by atoms with Crippen LogP contribution in [0.1, 0.15) is 46.5 Å². The van der Waals surface area contributed by atoms with Crippen molar-refractivity contribution in [1.29, 1.82) is 0 Å². The minimum atomic E-state index is -3.46. The number of hydrogen-bond acceptors (Lipinski definition) is 5. The molecule has 1 unspecified atom stereocenters. The Kier molecular flexibility index (Phi) is 8.45. The molecule has 1 N–H and O–H groups in total. The Morgan fingerprint density at radius 2 is 1.65 bits per heavy atom. The third-order valence-electron chi connectivity index (χ3n) is 2.99. The smallest absolute Gasteiger partial charge is 0.329 e. The molecule has 1 atom stereocenters. The molecular weight excluding hydrogens is 282 g/mol. The lowest BCUT2D eigenvalue weighted by Gasteiger charge is -2.20. The van der Waals surface area contributed by atoms with Gasteiger partial charge in [-0.15, -0.1) is 0 Å². The molecule has 0 aliphatic rings. The predicted molar refractivity (Wildman–Crippen MR) is 77.0 cm³/mol. The molecule has 0 aliphatic heterocycles. The molecule has 0 aromatic heterocycles. The first-order chi connectivity index (χ1) is 9.28. The Hall–Kier alpha value is -1.11. The number of ether oxygens (including phenoxy) is 1. The quantitative estimate of drug-likeness (QED) is 0.643. The second-order valence-corrected chi connectivity index (χ2v) is 7.13. The molecule has 1 amide bonds. The molecule has 0 saturated heterocycles. The molecule has 0 saturated carbocycles. The van der Waals surface area contributed by atoms with Gasteiger partial charge in [0.1, 0.15) is 6.04 Å². The van der Waals surface area contributed by atoms with E-state index in [1.54, 1.807) is 0 Å². The predicted octanol–water partition coefficient (Wildman–Crippen LogP) is 1.05. The molecule has 0 heterocycles. The molecule has 0 spiro atoms. The van der Waals surface area contributed by atoms with Crippen molar-refractivity contribution in [1.82, 2.24) is 5.32 Å². The lowest BCUT2D eigenvalue weighted by Crippen LogP contribution is -2.46. The summed E-state index contributed by atoms with van der Waals surface area (Å²) in [6.07, 6.45) is 2.63. The molecule has 20 heavy (non-hydrogen) atoms.